The van der Waals surface area contributed by atoms with Gasteiger partial charge in [0.05, 0.1) is 18.3 Å². The fourth-order valence-electron chi connectivity index (χ4n) is 6.27. The van der Waals surface area contributed by atoms with Crippen LogP contribution in [0.3, 0.4) is 0 Å². The molecular weight excluding hydrogens is 620 g/mol. The molecule has 252 valence electrons. The first kappa shape index (κ1) is 34.4. The van der Waals surface area contributed by atoms with Gasteiger partial charge in [-0.3, -0.25) is 4.68 Å². The van der Waals surface area contributed by atoms with Gasteiger partial charge in [0.2, 0.25) is 6.29 Å². The second-order valence-corrected chi connectivity index (χ2v) is 13.8. The second-order valence-electron chi connectivity index (χ2n) is 13.4. The number of carbonyl (C=O) groups excluding carboxylic acids is 2. The van der Waals surface area contributed by atoms with Crippen LogP contribution >= 0.6 is 11.6 Å². The smallest absolute Gasteiger partial charge is 0.431 e. The molecule has 47 heavy (non-hydrogen) atoms. The van der Waals surface area contributed by atoms with Crippen molar-refractivity contribution in [1.29, 1.82) is 0 Å². The molecule has 0 bridgehead atoms. The first-order valence-corrected chi connectivity index (χ1v) is 16.6. The van der Waals surface area contributed by atoms with Gasteiger partial charge in [-0.15, -0.1) is 0 Å². The summed E-state index contributed by atoms with van der Waals surface area (Å²) < 4.78 is 27.0. The van der Waals surface area contributed by atoms with Crippen molar-refractivity contribution in [3.8, 4) is 11.1 Å². The minimum absolute atomic E-state index is 0.185. The van der Waals surface area contributed by atoms with Gasteiger partial charge in [-0.05, 0) is 90.5 Å². The summed E-state index contributed by atoms with van der Waals surface area (Å²) in [5, 5.41) is 5.83. The summed E-state index contributed by atoms with van der Waals surface area (Å²) in [5.74, 6) is -0.707. The zero-order valence-corrected chi connectivity index (χ0v) is 29.3. The Bertz CT molecular complexity index is 1750. The summed E-state index contributed by atoms with van der Waals surface area (Å²) in [6.45, 7) is 13.7. The number of aryl methyl sites for hydroxylation is 3. The van der Waals surface area contributed by atoms with Crippen LogP contribution in [0.25, 0.3) is 22.2 Å². The third-order valence-corrected chi connectivity index (χ3v) is 8.78. The number of aromatic nitrogens is 4. The number of fused-ring (bicyclic) bond motifs is 1. The quantitative estimate of drug-likeness (QED) is 0.130. The average Bonchev–Trinajstić information content (AvgIpc) is 3.51. The van der Waals surface area contributed by atoms with Gasteiger partial charge in [-0.25, -0.2) is 14.6 Å². The van der Waals surface area contributed by atoms with Crippen LogP contribution in [0.2, 0.25) is 5.02 Å². The van der Waals surface area contributed by atoms with E-state index in [-0.39, 0.29) is 6.10 Å². The number of benzene rings is 1. The molecule has 0 spiro atoms. The third-order valence-electron chi connectivity index (χ3n) is 8.52. The minimum atomic E-state index is -1.20. The molecule has 1 unspecified atom stereocenters. The fourth-order valence-corrected chi connectivity index (χ4v) is 6.40. The lowest BCUT2D eigenvalue weighted by Gasteiger charge is -2.30. The Balaban J connectivity index is 1.58. The molecule has 1 saturated carbocycles. The maximum atomic E-state index is 14.1. The summed E-state index contributed by atoms with van der Waals surface area (Å²) in [4.78, 5) is 31.7. The molecule has 11 heteroatoms. The lowest BCUT2D eigenvalue weighted by Crippen LogP contribution is -2.33. The van der Waals surface area contributed by atoms with E-state index in [4.69, 9.17) is 35.5 Å². The van der Waals surface area contributed by atoms with Crippen LogP contribution in [0.4, 0.5) is 4.79 Å². The Morgan fingerprint density at radius 1 is 1.04 bits per heavy atom. The van der Waals surface area contributed by atoms with Crippen LogP contribution in [0.15, 0.2) is 36.7 Å². The molecule has 4 aromatic rings. The molecule has 2 atom stereocenters. The molecule has 0 amide bonds. The first-order chi connectivity index (χ1) is 22.2. The number of esters is 1. The molecule has 0 saturated heterocycles. The van der Waals surface area contributed by atoms with Crippen molar-refractivity contribution in [2.75, 3.05) is 0 Å². The number of nitrogens with zero attached hydrogens (tertiary/aromatic N) is 4. The van der Waals surface area contributed by atoms with E-state index in [1.807, 2.05) is 71.4 Å². The first-order valence-electron chi connectivity index (χ1n) is 16.2. The van der Waals surface area contributed by atoms with E-state index in [2.05, 4.69) is 23.5 Å². The lowest BCUT2D eigenvalue weighted by atomic mass is 9.91. The normalized spacial score (nSPS) is 15.4. The largest absolute Gasteiger partial charge is 0.511 e. The Labute approximate surface area is 281 Å². The lowest BCUT2D eigenvalue weighted by molar-refractivity contribution is -0.189. The number of hydrogen-bond acceptors (Lipinski definition) is 8. The Morgan fingerprint density at radius 2 is 1.72 bits per heavy atom. The Hall–Kier alpha value is -3.89. The number of hydrogen-bond donors (Lipinski definition) is 0. The van der Waals surface area contributed by atoms with Crippen molar-refractivity contribution >= 4 is 34.8 Å². The van der Waals surface area contributed by atoms with Crippen molar-refractivity contribution in [3.63, 3.8) is 0 Å². The van der Waals surface area contributed by atoms with Gasteiger partial charge in [-0.2, -0.15) is 5.10 Å². The summed E-state index contributed by atoms with van der Waals surface area (Å²) in [6.07, 6.45) is 5.14. The minimum Gasteiger partial charge on any atom is -0.431 e. The predicted octanol–water partition coefficient (Wildman–Crippen LogP) is 8.30. The topological polar surface area (TPSA) is 107 Å². The summed E-state index contributed by atoms with van der Waals surface area (Å²) in [6, 6.07) is 7.51. The van der Waals surface area contributed by atoms with Crippen LogP contribution in [0, 0.1) is 20.8 Å². The summed E-state index contributed by atoms with van der Waals surface area (Å²) >= 11 is 6.33. The standard InChI is InChI=1S/C36H45ClN4O6/c1-21-23(3)41(20-25-18-38-40(8)19-25)33-29(21)31(26-14-16-27(37)17-15-26)30(22(2)39-33)32(47-36(5,6)7)34(42)44-24(4)45-35(43)46-28-12-10-9-11-13-28/h14-19,24,28,32H,9-13,20H2,1-8H3/t24?,32-/m0/s1. The van der Waals surface area contributed by atoms with E-state index in [1.165, 1.54) is 6.92 Å². The predicted molar refractivity (Wildman–Crippen MR) is 180 cm³/mol. The zero-order chi connectivity index (χ0) is 34.0. The van der Waals surface area contributed by atoms with E-state index in [0.29, 0.717) is 22.8 Å². The number of ether oxygens (including phenoxy) is 4. The number of carbonyl (C=O) groups is 2. The molecule has 1 aliphatic carbocycles. The second kappa shape index (κ2) is 14.1. The monoisotopic (exact) mass is 664 g/mol. The number of pyridine rings is 1. The molecule has 0 radical (unpaired) electrons. The van der Waals surface area contributed by atoms with Crippen LogP contribution < -0.4 is 0 Å². The SMILES string of the molecule is Cc1nc2c(c(C)c(C)n2Cc2cnn(C)c2)c(-c2ccc(Cl)cc2)c1[C@H](OC(C)(C)C)C(=O)OC(C)OC(=O)OC1CCCCC1. The maximum Gasteiger partial charge on any atom is 0.511 e. The summed E-state index contributed by atoms with van der Waals surface area (Å²) in [5.41, 5.74) is 5.94. The number of rotatable bonds is 9. The molecule has 1 aromatic carbocycles. The molecular formula is C36H45ClN4O6. The molecule has 1 fully saturated rings. The fraction of sp³-hybridized carbons (Fsp3) is 0.500. The van der Waals surface area contributed by atoms with Crippen molar-refractivity contribution in [1.82, 2.24) is 19.3 Å². The van der Waals surface area contributed by atoms with Crippen LogP contribution in [-0.4, -0.2) is 49.5 Å². The van der Waals surface area contributed by atoms with Gasteiger partial charge in [0.1, 0.15) is 11.8 Å². The molecule has 3 aromatic heterocycles. The van der Waals surface area contributed by atoms with Gasteiger partial charge >= 0.3 is 12.1 Å². The van der Waals surface area contributed by atoms with E-state index >= 15 is 0 Å². The average molecular weight is 665 g/mol. The molecule has 1 aliphatic rings. The number of halogens is 1. The molecule has 5 rings (SSSR count). The molecule has 3 heterocycles. The van der Waals surface area contributed by atoms with Gasteiger partial charge in [-0.1, -0.05) is 30.2 Å². The van der Waals surface area contributed by atoms with Crippen LogP contribution in [0.1, 0.15) is 94.0 Å². The molecule has 0 aliphatic heterocycles. The van der Waals surface area contributed by atoms with Crippen LogP contribution in [-0.2, 0) is 37.3 Å². The van der Waals surface area contributed by atoms with E-state index in [9.17, 15) is 9.59 Å². The van der Waals surface area contributed by atoms with Gasteiger partial charge in [0.15, 0.2) is 6.10 Å². The Morgan fingerprint density at radius 3 is 2.34 bits per heavy atom. The van der Waals surface area contributed by atoms with E-state index in [0.717, 1.165) is 71.1 Å². The zero-order valence-electron chi connectivity index (χ0n) is 28.6. The highest BCUT2D eigenvalue weighted by Gasteiger charge is 2.36. The maximum absolute atomic E-state index is 14.1. The van der Waals surface area contributed by atoms with Gasteiger partial charge in [0, 0.05) is 58.7 Å². The highest BCUT2D eigenvalue weighted by molar-refractivity contribution is 6.30. The van der Waals surface area contributed by atoms with Gasteiger partial charge < -0.3 is 23.5 Å². The molecule has 10 nitrogen and oxygen atoms in total. The van der Waals surface area contributed by atoms with Gasteiger partial charge in [0.25, 0.3) is 0 Å². The summed E-state index contributed by atoms with van der Waals surface area (Å²) in [7, 11) is 1.89. The Kier molecular flexibility index (Phi) is 10.3. The van der Waals surface area contributed by atoms with E-state index < -0.39 is 30.1 Å². The van der Waals surface area contributed by atoms with E-state index in [1.54, 1.807) is 4.68 Å². The van der Waals surface area contributed by atoms with Crippen LogP contribution in [0.5, 0.6) is 0 Å². The van der Waals surface area contributed by atoms with Crippen molar-refractivity contribution in [2.45, 2.75) is 111 Å². The highest BCUT2D eigenvalue weighted by Crippen LogP contribution is 2.43. The van der Waals surface area contributed by atoms with Crippen molar-refractivity contribution in [3.05, 3.63) is 69.8 Å². The van der Waals surface area contributed by atoms with Crippen molar-refractivity contribution < 1.29 is 28.5 Å². The molecule has 0 N–H and O–H groups in total. The van der Waals surface area contributed by atoms with Crippen molar-refractivity contribution in [2.24, 2.45) is 7.05 Å². The highest BCUT2D eigenvalue weighted by atomic mass is 35.5. The third kappa shape index (κ3) is 7.99.